The second kappa shape index (κ2) is 7.88. The molecular weight excluding hydrogens is 411 g/mol. The van der Waals surface area contributed by atoms with Crippen molar-refractivity contribution < 1.29 is 18.5 Å². The fraction of sp³-hybridized carbons (Fsp3) is 0.167. The molecule has 5 rings (SSSR count). The van der Waals surface area contributed by atoms with Gasteiger partial charge in [-0.1, -0.05) is 29.4 Å². The number of aromatic nitrogens is 2. The number of amides is 2. The summed E-state index contributed by atoms with van der Waals surface area (Å²) in [6.07, 6.45) is 1.26. The van der Waals surface area contributed by atoms with Gasteiger partial charge in [-0.2, -0.15) is 0 Å². The van der Waals surface area contributed by atoms with Gasteiger partial charge in [0.05, 0.1) is 33.7 Å². The molecule has 0 atom stereocenters. The zero-order chi connectivity index (χ0) is 22.2. The molecule has 2 aromatic heterocycles. The van der Waals surface area contributed by atoms with E-state index in [4.69, 9.17) is 4.52 Å². The molecule has 1 saturated heterocycles. The van der Waals surface area contributed by atoms with Crippen LogP contribution >= 0.6 is 0 Å². The first kappa shape index (κ1) is 19.9. The standard InChI is InChI=1S/C24H19FN4O3/c1-14-22-16(13-19(27-24(22)32-28-14)15-7-2-3-8-17(15)25)23(31)26-18-9-4-5-10-20(18)29-12-6-11-21(29)30/h2-5,7-10,13H,6,11-12H2,1H3,(H,26,31). The highest BCUT2D eigenvalue weighted by atomic mass is 19.1. The largest absolute Gasteiger partial charge is 0.335 e. The summed E-state index contributed by atoms with van der Waals surface area (Å²) in [5, 5.41) is 7.29. The Morgan fingerprint density at radius 2 is 1.94 bits per heavy atom. The number of nitrogens with zero attached hydrogens (tertiary/aromatic N) is 3. The summed E-state index contributed by atoms with van der Waals surface area (Å²) >= 11 is 0. The van der Waals surface area contributed by atoms with Crippen molar-refractivity contribution in [2.75, 3.05) is 16.8 Å². The molecule has 0 radical (unpaired) electrons. The molecule has 32 heavy (non-hydrogen) atoms. The highest BCUT2D eigenvalue weighted by molar-refractivity contribution is 6.14. The van der Waals surface area contributed by atoms with E-state index in [0.29, 0.717) is 35.4 Å². The van der Waals surface area contributed by atoms with Gasteiger partial charge in [0.15, 0.2) is 0 Å². The van der Waals surface area contributed by atoms with E-state index in [0.717, 1.165) is 6.42 Å². The van der Waals surface area contributed by atoms with E-state index in [9.17, 15) is 14.0 Å². The van der Waals surface area contributed by atoms with Crippen LogP contribution in [0.2, 0.25) is 0 Å². The van der Waals surface area contributed by atoms with E-state index in [2.05, 4.69) is 15.5 Å². The fourth-order valence-electron chi connectivity index (χ4n) is 3.99. The first-order valence-electron chi connectivity index (χ1n) is 10.3. The van der Waals surface area contributed by atoms with Crippen LogP contribution in [0.15, 0.2) is 59.1 Å². The predicted octanol–water partition coefficient (Wildman–Crippen LogP) is 4.72. The van der Waals surface area contributed by atoms with Crippen LogP contribution in [-0.4, -0.2) is 28.5 Å². The maximum atomic E-state index is 14.4. The van der Waals surface area contributed by atoms with Crippen LogP contribution in [0, 0.1) is 12.7 Å². The second-order valence-electron chi connectivity index (χ2n) is 7.60. The summed E-state index contributed by atoms with van der Waals surface area (Å²) in [6, 6.07) is 14.9. The van der Waals surface area contributed by atoms with Crippen LogP contribution < -0.4 is 10.2 Å². The smallest absolute Gasteiger partial charge is 0.259 e. The number of halogens is 1. The van der Waals surface area contributed by atoms with Gasteiger partial charge in [-0.3, -0.25) is 9.59 Å². The number of rotatable bonds is 4. The normalized spacial score (nSPS) is 13.7. The number of hydrogen-bond acceptors (Lipinski definition) is 5. The third-order valence-electron chi connectivity index (χ3n) is 5.53. The molecule has 1 fully saturated rings. The van der Waals surface area contributed by atoms with Crippen molar-refractivity contribution in [2.24, 2.45) is 0 Å². The fourth-order valence-corrected chi connectivity index (χ4v) is 3.99. The van der Waals surface area contributed by atoms with Crippen LogP contribution in [0.4, 0.5) is 15.8 Å². The van der Waals surface area contributed by atoms with Crippen molar-refractivity contribution in [3.05, 3.63) is 71.7 Å². The molecule has 7 nitrogen and oxygen atoms in total. The third kappa shape index (κ3) is 3.39. The monoisotopic (exact) mass is 430 g/mol. The van der Waals surface area contributed by atoms with Crippen molar-refractivity contribution >= 4 is 34.3 Å². The minimum absolute atomic E-state index is 0.0229. The molecule has 8 heteroatoms. The molecular formula is C24H19FN4O3. The quantitative estimate of drug-likeness (QED) is 0.506. The van der Waals surface area contributed by atoms with Gasteiger partial charge >= 0.3 is 0 Å². The van der Waals surface area contributed by atoms with Gasteiger partial charge in [0.1, 0.15) is 5.82 Å². The molecule has 1 aliphatic rings. The molecule has 1 N–H and O–H groups in total. The van der Waals surface area contributed by atoms with Crippen molar-refractivity contribution in [3.8, 4) is 11.3 Å². The van der Waals surface area contributed by atoms with E-state index in [-0.39, 0.29) is 28.4 Å². The Balaban J connectivity index is 1.58. The summed E-state index contributed by atoms with van der Waals surface area (Å²) in [7, 11) is 0. The van der Waals surface area contributed by atoms with Crippen LogP contribution in [0.1, 0.15) is 28.9 Å². The Morgan fingerprint density at radius 1 is 1.16 bits per heavy atom. The van der Waals surface area contributed by atoms with Crippen LogP contribution in [-0.2, 0) is 4.79 Å². The van der Waals surface area contributed by atoms with Gasteiger partial charge in [0.25, 0.3) is 11.6 Å². The molecule has 2 amide bonds. The average Bonchev–Trinajstić information content (AvgIpc) is 3.39. The Bertz CT molecular complexity index is 1360. The summed E-state index contributed by atoms with van der Waals surface area (Å²) in [5.41, 5.74) is 2.58. The van der Waals surface area contributed by atoms with Gasteiger partial charge in [-0.15, -0.1) is 0 Å². The molecule has 0 unspecified atom stereocenters. The first-order chi connectivity index (χ1) is 15.5. The number of pyridine rings is 1. The molecule has 0 saturated carbocycles. The van der Waals surface area contributed by atoms with E-state index >= 15 is 0 Å². The highest BCUT2D eigenvalue weighted by Crippen LogP contribution is 2.32. The lowest BCUT2D eigenvalue weighted by molar-refractivity contribution is -0.117. The number of nitrogens with one attached hydrogen (secondary N) is 1. The minimum Gasteiger partial charge on any atom is -0.335 e. The van der Waals surface area contributed by atoms with E-state index in [1.54, 1.807) is 48.2 Å². The molecule has 3 heterocycles. The van der Waals surface area contributed by atoms with Crippen molar-refractivity contribution in [1.29, 1.82) is 0 Å². The SMILES string of the molecule is Cc1noc2nc(-c3ccccc3F)cc(C(=O)Nc3ccccc3N3CCCC3=O)c12. The lowest BCUT2D eigenvalue weighted by Crippen LogP contribution is -2.25. The predicted molar refractivity (Wildman–Crippen MR) is 118 cm³/mol. The Labute approximate surface area is 182 Å². The first-order valence-corrected chi connectivity index (χ1v) is 10.3. The summed E-state index contributed by atoms with van der Waals surface area (Å²) in [5.74, 6) is -0.866. The number of anilines is 2. The summed E-state index contributed by atoms with van der Waals surface area (Å²) in [4.78, 5) is 31.7. The maximum Gasteiger partial charge on any atom is 0.259 e. The number of benzene rings is 2. The second-order valence-corrected chi connectivity index (χ2v) is 7.60. The van der Waals surface area contributed by atoms with E-state index in [1.807, 2.05) is 6.07 Å². The number of carbonyl (C=O) groups excluding carboxylic acids is 2. The number of aryl methyl sites for hydroxylation is 1. The topological polar surface area (TPSA) is 88.3 Å². The Morgan fingerprint density at radius 3 is 2.72 bits per heavy atom. The van der Waals surface area contributed by atoms with Gasteiger partial charge in [0, 0.05) is 18.5 Å². The minimum atomic E-state index is -0.458. The summed E-state index contributed by atoms with van der Waals surface area (Å²) < 4.78 is 19.7. The zero-order valence-electron chi connectivity index (χ0n) is 17.3. The average molecular weight is 430 g/mol. The molecule has 1 aliphatic heterocycles. The van der Waals surface area contributed by atoms with Crippen molar-refractivity contribution in [1.82, 2.24) is 10.1 Å². The van der Waals surface area contributed by atoms with Crippen molar-refractivity contribution in [2.45, 2.75) is 19.8 Å². The number of carbonyl (C=O) groups is 2. The van der Waals surface area contributed by atoms with E-state index in [1.165, 1.54) is 12.1 Å². The van der Waals surface area contributed by atoms with Gasteiger partial charge in [0.2, 0.25) is 5.91 Å². The number of para-hydroxylation sites is 2. The number of hydrogen-bond donors (Lipinski definition) is 1. The third-order valence-corrected chi connectivity index (χ3v) is 5.53. The Hall–Kier alpha value is -4.07. The van der Waals surface area contributed by atoms with Crippen molar-refractivity contribution in [3.63, 3.8) is 0 Å². The zero-order valence-corrected chi connectivity index (χ0v) is 17.3. The lowest BCUT2D eigenvalue weighted by Gasteiger charge is -2.20. The van der Waals surface area contributed by atoms with Gasteiger partial charge < -0.3 is 14.7 Å². The van der Waals surface area contributed by atoms with Gasteiger partial charge in [-0.25, -0.2) is 9.37 Å². The maximum absolute atomic E-state index is 14.4. The van der Waals surface area contributed by atoms with Gasteiger partial charge in [-0.05, 0) is 43.7 Å². The molecule has 160 valence electrons. The number of fused-ring (bicyclic) bond motifs is 1. The molecule has 0 bridgehead atoms. The van der Waals surface area contributed by atoms with Crippen LogP contribution in [0.3, 0.4) is 0 Å². The lowest BCUT2D eigenvalue weighted by atomic mass is 10.0. The molecule has 0 aliphatic carbocycles. The van der Waals surface area contributed by atoms with E-state index < -0.39 is 11.7 Å². The Kier molecular flexibility index (Phi) is 4.89. The molecule has 4 aromatic rings. The van der Waals surface area contributed by atoms with Crippen LogP contribution in [0.5, 0.6) is 0 Å². The highest BCUT2D eigenvalue weighted by Gasteiger charge is 2.25. The van der Waals surface area contributed by atoms with Crippen LogP contribution in [0.25, 0.3) is 22.4 Å². The summed E-state index contributed by atoms with van der Waals surface area (Å²) in [6.45, 7) is 2.32. The molecule has 2 aromatic carbocycles. The molecule has 0 spiro atoms.